The first kappa shape index (κ1) is 21.5. The van der Waals surface area contributed by atoms with E-state index in [1.54, 1.807) is 42.3 Å². The summed E-state index contributed by atoms with van der Waals surface area (Å²) in [6.07, 6.45) is 0.557. The number of alkyl halides is 3. The highest BCUT2D eigenvalue weighted by Gasteiger charge is 2.31. The van der Waals surface area contributed by atoms with E-state index in [-0.39, 0.29) is 5.75 Å². The molecule has 0 bridgehead atoms. The van der Waals surface area contributed by atoms with E-state index in [0.29, 0.717) is 28.3 Å². The molecule has 34 heavy (non-hydrogen) atoms. The second-order valence-corrected chi connectivity index (χ2v) is 7.51. The zero-order valence-corrected chi connectivity index (χ0v) is 18.1. The van der Waals surface area contributed by atoms with Crippen molar-refractivity contribution in [3.05, 3.63) is 79.0 Å². The third-order valence-corrected chi connectivity index (χ3v) is 5.17. The molecule has 3 aromatic heterocycles. The van der Waals surface area contributed by atoms with Gasteiger partial charge in [0.25, 0.3) is 0 Å². The third kappa shape index (κ3) is 4.17. The molecule has 0 fully saturated rings. The van der Waals surface area contributed by atoms with Crippen molar-refractivity contribution >= 4 is 5.65 Å². The lowest BCUT2D eigenvalue weighted by Gasteiger charge is -2.10. The zero-order valence-electron chi connectivity index (χ0n) is 18.1. The van der Waals surface area contributed by atoms with Crippen LogP contribution in [-0.2, 0) is 0 Å². The van der Waals surface area contributed by atoms with E-state index in [0.717, 1.165) is 16.9 Å². The van der Waals surface area contributed by atoms with Gasteiger partial charge in [0.15, 0.2) is 11.5 Å². The normalized spacial score (nSPS) is 11.7. The molecule has 0 unspecified atom stereocenters. The van der Waals surface area contributed by atoms with Crippen LogP contribution in [-0.4, -0.2) is 37.6 Å². The predicted octanol–water partition coefficient (Wildman–Crippen LogP) is 5.46. The summed E-state index contributed by atoms with van der Waals surface area (Å²) in [7, 11) is 1.58. The Bertz CT molecular complexity index is 1490. The minimum Gasteiger partial charge on any atom is -0.495 e. The van der Waals surface area contributed by atoms with Crippen molar-refractivity contribution in [3.8, 4) is 39.7 Å². The van der Waals surface area contributed by atoms with Crippen molar-refractivity contribution < 1.29 is 22.6 Å². The summed E-state index contributed by atoms with van der Waals surface area (Å²) in [5.41, 5.74) is 4.06. The Balaban J connectivity index is 1.55. The first-order chi connectivity index (χ1) is 16.3. The number of methoxy groups -OCH3 is 1. The summed E-state index contributed by atoms with van der Waals surface area (Å²) in [6, 6.07) is 14.9. The fourth-order valence-electron chi connectivity index (χ4n) is 3.70. The van der Waals surface area contributed by atoms with Crippen molar-refractivity contribution in [2.75, 3.05) is 7.11 Å². The second-order valence-electron chi connectivity index (χ2n) is 7.51. The van der Waals surface area contributed by atoms with Crippen molar-refractivity contribution in [2.45, 2.75) is 13.3 Å². The van der Waals surface area contributed by atoms with Gasteiger partial charge in [-0.3, -0.25) is 0 Å². The van der Waals surface area contributed by atoms with E-state index < -0.39 is 6.36 Å². The molecule has 0 spiro atoms. The summed E-state index contributed by atoms with van der Waals surface area (Å²) in [5.74, 6) is 0.759. The van der Waals surface area contributed by atoms with Crippen LogP contribution >= 0.6 is 0 Å². The number of benzene rings is 2. The van der Waals surface area contributed by atoms with Gasteiger partial charge in [-0.05, 0) is 55.0 Å². The van der Waals surface area contributed by atoms with Crippen LogP contribution in [0.3, 0.4) is 0 Å². The Hall–Kier alpha value is -4.34. The molecule has 0 N–H and O–H groups in total. The molecule has 172 valence electrons. The molecule has 0 radical (unpaired) electrons. The number of hydrogen-bond acceptors (Lipinski definition) is 5. The lowest BCUT2D eigenvalue weighted by molar-refractivity contribution is -0.274. The monoisotopic (exact) mass is 465 g/mol. The smallest absolute Gasteiger partial charge is 0.495 e. The molecule has 0 aliphatic rings. The fourth-order valence-corrected chi connectivity index (χ4v) is 3.70. The van der Waals surface area contributed by atoms with E-state index in [1.165, 1.54) is 18.2 Å². The van der Waals surface area contributed by atoms with Gasteiger partial charge in [0.05, 0.1) is 24.8 Å². The number of nitrogens with zero attached hydrogens (tertiary/aromatic N) is 5. The van der Waals surface area contributed by atoms with Crippen molar-refractivity contribution in [1.29, 1.82) is 0 Å². The molecule has 2 aromatic carbocycles. The number of aromatic nitrogens is 5. The minimum absolute atomic E-state index is 0.304. The van der Waals surface area contributed by atoms with Gasteiger partial charge < -0.3 is 14.0 Å². The van der Waals surface area contributed by atoms with E-state index in [2.05, 4.69) is 19.8 Å². The number of imidazole rings is 1. The first-order valence-electron chi connectivity index (χ1n) is 10.2. The maximum absolute atomic E-state index is 12.7. The number of rotatable bonds is 5. The molecule has 0 saturated heterocycles. The molecular formula is C24H18F3N5O2. The summed E-state index contributed by atoms with van der Waals surface area (Å²) < 4.78 is 51.1. The van der Waals surface area contributed by atoms with Crippen LogP contribution in [0.2, 0.25) is 0 Å². The highest BCUT2D eigenvalue weighted by atomic mass is 19.4. The fraction of sp³-hybridized carbons (Fsp3) is 0.125. The minimum atomic E-state index is -4.77. The summed E-state index contributed by atoms with van der Waals surface area (Å²) in [4.78, 5) is 8.91. The van der Waals surface area contributed by atoms with Crippen LogP contribution in [0.25, 0.3) is 33.8 Å². The zero-order chi connectivity index (χ0) is 23.9. The molecule has 7 nitrogen and oxygen atoms in total. The molecule has 0 aliphatic carbocycles. The Morgan fingerprint density at radius 3 is 2.56 bits per heavy atom. The highest BCUT2D eigenvalue weighted by Crippen LogP contribution is 2.32. The average Bonchev–Trinajstić information content (AvgIpc) is 3.43. The molecule has 10 heteroatoms. The molecule has 5 rings (SSSR count). The molecule has 3 heterocycles. The largest absolute Gasteiger partial charge is 0.573 e. The molecule has 0 amide bonds. The van der Waals surface area contributed by atoms with Gasteiger partial charge in [0, 0.05) is 23.5 Å². The Morgan fingerprint density at radius 1 is 0.971 bits per heavy atom. The molecular weight excluding hydrogens is 447 g/mol. The van der Waals surface area contributed by atoms with Gasteiger partial charge in [0.2, 0.25) is 0 Å². The van der Waals surface area contributed by atoms with Gasteiger partial charge >= 0.3 is 6.36 Å². The molecule has 0 aliphatic heterocycles. The van der Waals surface area contributed by atoms with Gasteiger partial charge in [-0.2, -0.15) is 0 Å². The maximum Gasteiger partial charge on any atom is 0.573 e. The molecule has 0 atom stereocenters. The number of aryl methyl sites for hydroxylation is 1. The average molecular weight is 465 g/mol. The molecule has 0 saturated carbocycles. The number of fused-ring (bicyclic) bond motifs is 1. The van der Waals surface area contributed by atoms with E-state index in [4.69, 9.17) is 4.74 Å². The number of ether oxygens (including phenoxy) is 2. The van der Waals surface area contributed by atoms with Crippen molar-refractivity contribution in [2.24, 2.45) is 0 Å². The Kier molecular flexibility index (Phi) is 5.20. The van der Waals surface area contributed by atoms with Crippen LogP contribution in [0, 0.1) is 6.92 Å². The van der Waals surface area contributed by atoms with Crippen LogP contribution in [0.4, 0.5) is 13.2 Å². The van der Waals surface area contributed by atoms with Crippen molar-refractivity contribution in [3.63, 3.8) is 0 Å². The van der Waals surface area contributed by atoms with Crippen LogP contribution < -0.4 is 9.47 Å². The quantitative estimate of drug-likeness (QED) is 0.345. The lowest BCUT2D eigenvalue weighted by Crippen LogP contribution is -2.17. The lowest BCUT2D eigenvalue weighted by atomic mass is 10.1. The highest BCUT2D eigenvalue weighted by molar-refractivity contribution is 5.79. The third-order valence-electron chi connectivity index (χ3n) is 5.17. The van der Waals surface area contributed by atoms with E-state index in [1.807, 2.05) is 35.9 Å². The number of pyridine rings is 1. The first-order valence-corrected chi connectivity index (χ1v) is 10.2. The van der Waals surface area contributed by atoms with Gasteiger partial charge in [-0.25, -0.2) is 14.5 Å². The summed E-state index contributed by atoms with van der Waals surface area (Å²) >= 11 is 0. The van der Waals surface area contributed by atoms with Crippen LogP contribution in [0.5, 0.6) is 11.5 Å². The number of hydrogen-bond donors (Lipinski definition) is 0. The Morgan fingerprint density at radius 2 is 1.82 bits per heavy atom. The van der Waals surface area contributed by atoms with Gasteiger partial charge in [-0.15, -0.1) is 18.3 Å². The second kappa shape index (κ2) is 8.22. The van der Waals surface area contributed by atoms with E-state index >= 15 is 0 Å². The van der Waals surface area contributed by atoms with Gasteiger partial charge in [-0.1, -0.05) is 12.1 Å². The van der Waals surface area contributed by atoms with Crippen LogP contribution in [0.1, 0.15) is 5.69 Å². The van der Waals surface area contributed by atoms with Crippen molar-refractivity contribution in [1.82, 2.24) is 24.1 Å². The van der Waals surface area contributed by atoms with Gasteiger partial charge in [0.1, 0.15) is 11.5 Å². The Labute approximate surface area is 192 Å². The SMILES string of the molecule is COc1cc(-c2nc3c(-c4cccc(OC(F)(F)F)c4)cccn3n2)ccc1-n1cnc(C)c1. The van der Waals surface area contributed by atoms with Crippen LogP contribution in [0.15, 0.2) is 73.3 Å². The molecule has 5 aromatic rings. The summed E-state index contributed by atoms with van der Waals surface area (Å²) in [5, 5.41) is 4.55. The summed E-state index contributed by atoms with van der Waals surface area (Å²) in [6.45, 7) is 1.90. The standard InChI is InChI=1S/C24H18F3N5O2/c1-15-13-31(14-28-15)20-9-8-17(12-21(20)33-2)22-29-23-19(7-4-10-32(23)30-22)16-5-3-6-18(11-16)34-24(25,26)27/h3-14H,1-2H3. The predicted molar refractivity (Wildman–Crippen MR) is 119 cm³/mol. The van der Waals surface area contributed by atoms with E-state index in [9.17, 15) is 13.2 Å². The number of halogens is 3. The maximum atomic E-state index is 12.7. The topological polar surface area (TPSA) is 66.5 Å².